The van der Waals surface area contributed by atoms with Gasteiger partial charge in [0, 0.05) is 23.6 Å². The summed E-state index contributed by atoms with van der Waals surface area (Å²) in [7, 11) is 0. The second-order valence-electron chi connectivity index (χ2n) is 5.58. The van der Waals surface area contributed by atoms with Crippen molar-refractivity contribution in [2.75, 3.05) is 5.32 Å². The molecular formula is C16H19N3. The molecule has 0 atom stereocenters. The summed E-state index contributed by atoms with van der Waals surface area (Å²) < 4.78 is 0. The smallest absolute Gasteiger partial charge is 0.131 e. The number of hydrogen-bond acceptors (Lipinski definition) is 2. The Hall–Kier alpha value is -2.16. The highest BCUT2D eigenvalue weighted by atomic mass is 14.9. The van der Waals surface area contributed by atoms with Crippen molar-refractivity contribution < 1.29 is 0 Å². The Kier molecular flexibility index (Phi) is 3.65. The average molecular weight is 253 g/mol. The fraction of sp³-hybridized carbons (Fsp3) is 0.250. The average Bonchev–Trinajstić information content (AvgIpc) is 2.39. The van der Waals surface area contributed by atoms with Crippen LogP contribution in [-0.4, -0.2) is 10.8 Å². The molecule has 0 unspecified atom stereocenters. The first-order valence-electron chi connectivity index (χ1n) is 6.33. The van der Waals surface area contributed by atoms with Gasteiger partial charge in [-0.3, -0.25) is 10.4 Å². The molecule has 19 heavy (non-hydrogen) atoms. The minimum atomic E-state index is 0.0377. The quantitative estimate of drug-likeness (QED) is 0.631. The second-order valence-corrected chi connectivity index (χ2v) is 5.58. The van der Waals surface area contributed by atoms with E-state index >= 15 is 0 Å². The number of amidine groups is 1. The van der Waals surface area contributed by atoms with Crippen LogP contribution in [0.3, 0.4) is 0 Å². The van der Waals surface area contributed by atoms with Crippen LogP contribution in [0.4, 0.5) is 5.69 Å². The molecule has 2 rings (SSSR count). The van der Waals surface area contributed by atoms with Gasteiger partial charge in [0.05, 0.1) is 0 Å². The molecule has 0 fully saturated rings. The zero-order chi connectivity index (χ0) is 13.9. The molecular weight excluding hydrogens is 234 g/mol. The van der Waals surface area contributed by atoms with E-state index in [0.29, 0.717) is 5.84 Å². The normalized spacial score (nSPS) is 11.1. The van der Waals surface area contributed by atoms with E-state index in [0.717, 1.165) is 16.8 Å². The fourth-order valence-corrected chi connectivity index (χ4v) is 1.72. The molecule has 0 saturated heterocycles. The first-order valence-corrected chi connectivity index (χ1v) is 6.33. The third kappa shape index (κ3) is 3.41. The Morgan fingerprint density at radius 2 is 1.79 bits per heavy atom. The second kappa shape index (κ2) is 5.22. The van der Waals surface area contributed by atoms with Crippen LogP contribution in [0.1, 0.15) is 31.9 Å². The van der Waals surface area contributed by atoms with Gasteiger partial charge >= 0.3 is 0 Å². The van der Waals surface area contributed by atoms with Crippen LogP contribution in [0.15, 0.2) is 48.8 Å². The van der Waals surface area contributed by atoms with Crippen LogP contribution in [0, 0.1) is 5.41 Å². The van der Waals surface area contributed by atoms with Crippen molar-refractivity contribution in [2.24, 2.45) is 0 Å². The number of nitrogens with zero attached hydrogens (tertiary/aromatic N) is 1. The number of rotatable bonds is 2. The molecule has 3 heteroatoms. The molecule has 98 valence electrons. The molecule has 1 heterocycles. The van der Waals surface area contributed by atoms with Gasteiger partial charge in [-0.1, -0.05) is 39.0 Å². The maximum absolute atomic E-state index is 8.12. The summed E-state index contributed by atoms with van der Waals surface area (Å²) in [5.41, 5.74) is 2.88. The Balaban J connectivity index is 2.20. The third-order valence-corrected chi connectivity index (χ3v) is 2.94. The molecule has 0 saturated carbocycles. The van der Waals surface area contributed by atoms with Crippen LogP contribution in [-0.2, 0) is 5.41 Å². The molecule has 2 N–H and O–H groups in total. The van der Waals surface area contributed by atoms with Crippen molar-refractivity contribution in [1.82, 2.24) is 4.98 Å². The Labute approximate surface area is 114 Å². The standard InChI is InChI=1S/C16H19N3/c1-16(2,3)13-9-12(10-18-11-13)15(17)19-14-7-5-4-6-8-14/h4-11H,1-3H3,(H2,17,19). The molecule has 1 aromatic heterocycles. The molecule has 0 aliphatic heterocycles. The van der Waals surface area contributed by atoms with Crippen molar-refractivity contribution in [2.45, 2.75) is 26.2 Å². The monoisotopic (exact) mass is 253 g/mol. The van der Waals surface area contributed by atoms with Crippen molar-refractivity contribution in [1.29, 1.82) is 5.41 Å². The number of para-hydroxylation sites is 1. The number of benzene rings is 1. The van der Waals surface area contributed by atoms with Crippen molar-refractivity contribution >= 4 is 11.5 Å². The number of hydrogen-bond donors (Lipinski definition) is 2. The lowest BCUT2D eigenvalue weighted by molar-refractivity contribution is 0.587. The van der Waals surface area contributed by atoms with Gasteiger partial charge in [-0.15, -0.1) is 0 Å². The highest BCUT2D eigenvalue weighted by molar-refractivity contribution is 6.06. The predicted octanol–water partition coefficient (Wildman–Crippen LogP) is 3.82. The summed E-state index contributed by atoms with van der Waals surface area (Å²) in [5, 5.41) is 11.2. The SMILES string of the molecule is CC(C)(C)c1cncc(C(=N)Nc2ccccc2)c1. The lowest BCUT2D eigenvalue weighted by atomic mass is 9.87. The minimum Gasteiger partial charge on any atom is -0.340 e. The third-order valence-electron chi connectivity index (χ3n) is 2.94. The zero-order valence-corrected chi connectivity index (χ0v) is 11.6. The number of nitrogens with one attached hydrogen (secondary N) is 2. The van der Waals surface area contributed by atoms with Crippen molar-refractivity contribution in [3.63, 3.8) is 0 Å². The Morgan fingerprint density at radius 1 is 1.11 bits per heavy atom. The van der Waals surface area contributed by atoms with Gasteiger partial charge in [-0.25, -0.2) is 0 Å². The molecule has 2 aromatic rings. The molecule has 0 spiro atoms. The van der Waals surface area contributed by atoms with E-state index in [-0.39, 0.29) is 5.41 Å². The molecule has 0 bridgehead atoms. The van der Waals surface area contributed by atoms with Gasteiger partial charge in [0.15, 0.2) is 0 Å². The minimum absolute atomic E-state index is 0.0377. The van der Waals surface area contributed by atoms with Gasteiger partial charge in [0.2, 0.25) is 0 Å². The molecule has 0 radical (unpaired) electrons. The van der Waals surface area contributed by atoms with E-state index in [4.69, 9.17) is 5.41 Å². The lowest BCUT2D eigenvalue weighted by Gasteiger charge is -2.19. The number of anilines is 1. The number of pyridine rings is 1. The highest BCUT2D eigenvalue weighted by Gasteiger charge is 2.15. The summed E-state index contributed by atoms with van der Waals surface area (Å²) in [6, 6.07) is 11.7. The van der Waals surface area contributed by atoms with Crippen LogP contribution in [0.2, 0.25) is 0 Å². The lowest BCUT2D eigenvalue weighted by Crippen LogP contribution is -2.16. The summed E-state index contributed by atoms with van der Waals surface area (Å²) in [5.74, 6) is 0.366. The van der Waals surface area contributed by atoms with E-state index in [1.807, 2.05) is 42.6 Å². The topological polar surface area (TPSA) is 48.8 Å². The highest BCUT2D eigenvalue weighted by Crippen LogP contribution is 2.22. The molecule has 3 nitrogen and oxygen atoms in total. The molecule has 1 aromatic carbocycles. The van der Waals surface area contributed by atoms with Crippen LogP contribution in [0.25, 0.3) is 0 Å². The van der Waals surface area contributed by atoms with Crippen LogP contribution in [0.5, 0.6) is 0 Å². The first kappa shape index (κ1) is 13.3. The van der Waals surface area contributed by atoms with Gasteiger partial charge in [0.25, 0.3) is 0 Å². The largest absolute Gasteiger partial charge is 0.340 e. The van der Waals surface area contributed by atoms with Crippen LogP contribution >= 0.6 is 0 Å². The van der Waals surface area contributed by atoms with Gasteiger partial charge in [-0.2, -0.15) is 0 Å². The maximum Gasteiger partial charge on any atom is 0.131 e. The molecule has 0 amide bonds. The summed E-state index contributed by atoms with van der Waals surface area (Å²) >= 11 is 0. The van der Waals surface area contributed by atoms with Gasteiger partial charge < -0.3 is 5.32 Å². The summed E-state index contributed by atoms with van der Waals surface area (Å²) in [4.78, 5) is 4.23. The molecule has 0 aliphatic carbocycles. The Morgan fingerprint density at radius 3 is 2.42 bits per heavy atom. The van der Waals surface area contributed by atoms with E-state index in [2.05, 4.69) is 31.1 Å². The summed E-state index contributed by atoms with van der Waals surface area (Å²) in [6.45, 7) is 6.42. The van der Waals surface area contributed by atoms with Crippen molar-refractivity contribution in [3.05, 3.63) is 59.9 Å². The predicted molar refractivity (Wildman–Crippen MR) is 79.8 cm³/mol. The molecule has 0 aliphatic rings. The summed E-state index contributed by atoms with van der Waals surface area (Å²) in [6.07, 6.45) is 3.58. The maximum atomic E-state index is 8.12. The van der Waals surface area contributed by atoms with E-state index in [9.17, 15) is 0 Å². The van der Waals surface area contributed by atoms with Crippen molar-refractivity contribution in [3.8, 4) is 0 Å². The van der Waals surface area contributed by atoms with E-state index in [1.165, 1.54) is 0 Å². The van der Waals surface area contributed by atoms with Crippen LogP contribution < -0.4 is 5.32 Å². The van der Waals surface area contributed by atoms with E-state index < -0.39 is 0 Å². The van der Waals surface area contributed by atoms with Gasteiger partial charge in [0.1, 0.15) is 5.84 Å². The van der Waals surface area contributed by atoms with Gasteiger partial charge in [-0.05, 0) is 29.2 Å². The number of aromatic nitrogens is 1. The fourth-order valence-electron chi connectivity index (χ4n) is 1.72. The first-order chi connectivity index (χ1) is 8.97. The zero-order valence-electron chi connectivity index (χ0n) is 11.6. The Bertz CT molecular complexity index is 568. The van der Waals surface area contributed by atoms with E-state index in [1.54, 1.807) is 6.20 Å².